The summed E-state index contributed by atoms with van der Waals surface area (Å²) in [4.78, 5) is 37.8. The van der Waals surface area contributed by atoms with E-state index in [1.54, 1.807) is 31.2 Å². The van der Waals surface area contributed by atoms with Crippen LogP contribution in [0.5, 0.6) is 0 Å². The molecule has 0 unspecified atom stereocenters. The van der Waals surface area contributed by atoms with E-state index in [1.165, 1.54) is 6.08 Å². The van der Waals surface area contributed by atoms with Crippen molar-refractivity contribution >= 4 is 29.4 Å². The first-order chi connectivity index (χ1) is 15.9. The first-order valence-electron chi connectivity index (χ1n) is 10.8. The number of benzene rings is 2. The zero-order valence-electron chi connectivity index (χ0n) is 18.4. The Labute approximate surface area is 198 Å². The Bertz CT molecular complexity index is 1030. The topological polar surface area (TPSA) is 84.5 Å². The van der Waals surface area contributed by atoms with Crippen LogP contribution >= 0.6 is 11.6 Å². The van der Waals surface area contributed by atoms with Gasteiger partial charge in [0.25, 0.3) is 0 Å². The average molecular weight is 467 g/mol. The quantitative estimate of drug-likeness (QED) is 0.644. The predicted molar refractivity (Wildman–Crippen MR) is 127 cm³/mol. The molecule has 0 aromatic heterocycles. The van der Waals surface area contributed by atoms with Crippen molar-refractivity contribution in [1.82, 2.24) is 10.6 Å². The lowest BCUT2D eigenvalue weighted by Crippen LogP contribution is -2.37. The molecular formula is C26H27ClN2O4. The van der Waals surface area contributed by atoms with Gasteiger partial charge in [-0.1, -0.05) is 66.2 Å². The summed E-state index contributed by atoms with van der Waals surface area (Å²) in [6.45, 7) is 2.26. The molecule has 2 N–H and O–H groups in total. The van der Waals surface area contributed by atoms with Crippen molar-refractivity contribution in [3.8, 4) is 0 Å². The van der Waals surface area contributed by atoms with Gasteiger partial charge in [-0.05, 0) is 42.2 Å². The Morgan fingerprint density at radius 3 is 2.58 bits per heavy atom. The van der Waals surface area contributed by atoms with Crippen molar-refractivity contribution in [1.29, 1.82) is 0 Å². The number of carbonyl (C=O) groups excluding carboxylic acids is 3. The van der Waals surface area contributed by atoms with Gasteiger partial charge in [0.05, 0.1) is 12.5 Å². The molecule has 1 aliphatic heterocycles. The number of hydrogen-bond acceptors (Lipinski definition) is 4. The zero-order chi connectivity index (χ0) is 23.6. The summed E-state index contributed by atoms with van der Waals surface area (Å²) >= 11 is 5.89. The third-order valence-electron chi connectivity index (χ3n) is 5.24. The molecule has 2 atom stereocenters. The second-order valence-electron chi connectivity index (χ2n) is 7.91. The second kappa shape index (κ2) is 12.0. The SMILES string of the molecule is CC1=C/C(=O)O[C@H](c2ccccc2)CNC(=O)[C@@H](CC(=O)NCc2ccc(Cl)cc2)C\C=C\1. The minimum atomic E-state index is -0.630. The van der Waals surface area contributed by atoms with E-state index in [0.29, 0.717) is 23.6 Å². The summed E-state index contributed by atoms with van der Waals surface area (Å²) < 4.78 is 5.59. The van der Waals surface area contributed by atoms with Crippen LogP contribution in [0.4, 0.5) is 0 Å². The maximum absolute atomic E-state index is 12.9. The number of allylic oxidation sites excluding steroid dienone is 3. The lowest BCUT2D eigenvalue weighted by molar-refractivity contribution is -0.144. The van der Waals surface area contributed by atoms with E-state index >= 15 is 0 Å². The zero-order valence-corrected chi connectivity index (χ0v) is 19.2. The fraction of sp³-hybridized carbons (Fsp3) is 0.269. The number of rotatable bonds is 5. The third-order valence-corrected chi connectivity index (χ3v) is 5.50. The molecule has 2 aromatic carbocycles. The fourth-order valence-corrected chi connectivity index (χ4v) is 3.57. The number of cyclic esters (lactones) is 1. The van der Waals surface area contributed by atoms with Crippen LogP contribution in [0, 0.1) is 5.92 Å². The molecule has 0 aliphatic carbocycles. The van der Waals surface area contributed by atoms with E-state index in [0.717, 1.165) is 11.1 Å². The Morgan fingerprint density at radius 2 is 1.85 bits per heavy atom. The predicted octanol–water partition coefficient (Wildman–Crippen LogP) is 4.27. The molecule has 1 heterocycles. The summed E-state index contributed by atoms with van der Waals surface area (Å²) in [6.07, 6.45) is 4.76. The molecule has 0 bridgehead atoms. The molecule has 2 aromatic rings. The van der Waals surface area contributed by atoms with Crippen LogP contribution in [0.1, 0.15) is 37.0 Å². The van der Waals surface area contributed by atoms with Crippen molar-refractivity contribution in [3.63, 3.8) is 0 Å². The summed E-state index contributed by atoms with van der Waals surface area (Å²) in [5.41, 5.74) is 2.41. The average Bonchev–Trinajstić information content (AvgIpc) is 2.80. The molecule has 2 amide bonds. The molecule has 6 nitrogen and oxygen atoms in total. The number of amides is 2. The number of carbonyl (C=O) groups is 3. The normalized spacial score (nSPS) is 21.9. The second-order valence-corrected chi connectivity index (χ2v) is 8.35. The Hall–Kier alpha value is -3.38. The molecule has 0 fully saturated rings. The van der Waals surface area contributed by atoms with E-state index in [9.17, 15) is 14.4 Å². The first-order valence-corrected chi connectivity index (χ1v) is 11.2. The first kappa shape index (κ1) is 24.3. The number of esters is 1. The Morgan fingerprint density at radius 1 is 1.12 bits per heavy atom. The van der Waals surface area contributed by atoms with E-state index in [4.69, 9.17) is 16.3 Å². The molecule has 0 saturated carbocycles. The summed E-state index contributed by atoms with van der Waals surface area (Å²) in [5.74, 6) is -1.51. The van der Waals surface area contributed by atoms with Gasteiger partial charge >= 0.3 is 5.97 Å². The van der Waals surface area contributed by atoms with Crippen LogP contribution in [-0.2, 0) is 25.7 Å². The van der Waals surface area contributed by atoms with E-state index < -0.39 is 18.0 Å². The van der Waals surface area contributed by atoms with E-state index in [1.807, 2.05) is 42.5 Å². The molecule has 0 spiro atoms. The van der Waals surface area contributed by atoms with Gasteiger partial charge in [-0.25, -0.2) is 4.79 Å². The van der Waals surface area contributed by atoms with E-state index in [-0.39, 0.29) is 24.8 Å². The highest BCUT2D eigenvalue weighted by molar-refractivity contribution is 6.30. The summed E-state index contributed by atoms with van der Waals surface area (Å²) in [6, 6.07) is 16.5. The van der Waals surface area contributed by atoms with Crippen molar-refractivity contribution in [2.75, 3.05) is 6.54 Å². The van der Waals surface area contributed by atoms with Crippen molar-refractivity contribution in [2.45, 2.75) is 32.4 Å². The minimum Gasteiger partial charge on any atom is -0.452 e. The van der Waals surface area contributed by atoms with Gasteiger partial charge < -0.3 is 15.4 Å². The highest BCUT2D eigenvalue weighted by Crippen LogP contribution is 2.19. The summed E-state index contributed by atoms with van der Waals surface area (Å²) in [7, 11) is 0. The number of nitrogens with one attached hydrogen (secondary N) is 2. The maximum atomic E-state index is 12.9. The van der Waals surface area contributed by atoms with Crippen LogP contribution < -0.4 is 10.6 Å². The van der Waals surface area contributed by atoms with Gasteiger partial charge in [0.1, 0.15) is 6.10 Å². The van der Waals surface area contributed by atoms with Gasteiger partial charge in [0, 0.05) is 24.1 Å². The third kappa shape index (κ3) is 7.91. The number of halogens is 1. The molecule has 1 aliphatic rings. The van der Waals surface area contributed by atoms with Gasteiger partial charge in [-0.15, -0.1) is 0 Å². The minimum absolute atomic E-state index is 0.0440. The highest BCUT2D eigenvalue weighted by atomic mass is 35.5. The molecule has 33 heavy (non-hydrogen) atoms. The maximum Gasteiger partial charge on any atom is 0.331 e. The molecule has 7 heteroatoms. The van der Waals surface area contributed by atoms with Crippen molar-refractivity contribution in [3.05, 3.63) is 94.5 Å². The monoisotopic (exact) mass is 466 g/mol. The lowest BCUT2D eigenvalue weighted by Gasteiger charge is -2.21. The van der Waals surface area contributed by atoms with Crippen molar-refractivity contribution in [2.24, 2.45) is 5.92 Å². The van der Waals surface area contributed by atoms with Crippen LogP contribution in [0.15, 0.2) is 78.4 Å². The molecule has 3 rings (SSSR count). The largest absolute Gasteiger partial charge is 0.452 e. The van der Waals surface area contributed by atoms with Gasteiger partial charge in [-0.3, -0.25) is 9.59 Å². The molecule has 0 saturated heterocycles. The Kier molecular flexibility index (Phi) is 8.84. The van der Waals surface area contributed by atoms with Gasteiger partial charge in [0.2, 0.25) is 11.8 Å². The number of hydrogen-bond donors (Lipinski definition) is 2. The van der Waals surface area contributed by atoms with E-state index in [2.05, 4.69) is 10.6 Å². The molecular weight excluding hydrogens is 440 g/mol. The van der Waals surface area contributed by atoms with Gasteiger partial charge in [0.15, 0.2) is 0 Å². The number of ether oxygens (including phenoxy) is 1. The van der Waals surface area contributed by atoms with Crippen molar-refractivity contribution < 1.29 is 19.1 Å². The van der Waals surface area contributed by atoms with Crippen LogP contribution in [-0.4, -0.2) is 24.3 Å². The Balaban J connectivity index is 1.69. The smallest absolute Gasteiger partial charge is 0.331 e. The van der Waals surface area contributed by atoms with Gasteiger partial charge in [-0.2, -0.15) is 0 Å². The van der Waals surface area contributed by atoms with Crippen LogP contribution in [0.2, 0.25) is 5.02 Å². The highest BCUT2D eigenvalue weighted by Gasteiger charge is 2.24. The standard InChI is InChI=1S/C26H27ClN2O4/c1-18-6-5-9-21(15-24(30)28-16-19-10-12-22(27)13-11-19)26(32)29-17-23(33-25(31)14-18)20-7-3-2-4-8-20/h2-8,10-14,21,23H,9,15-17H2,1H3,(H,28,30)(H,29,32)/b6-5+,18-14-/t21-,23+/m1/s1. The lowest BCUT2D eigenvalue weighted by atomic mass is 9.98. The molecule has 172 valence electrons. The molecule has 0 radical (unpaired) electrons. The summed E-state index contributed by atoms with van der Waals surface area (Å²) in [5, 5.41) is 6.34. The van der Waals surface area contributed by atoms with Crippen LogP contribution in [0.25, 0.3) is 0 Å². The fourth-order valence-electron chi connectivity index (χ4n) is 3.44. The van der Waals surface area contributed by atoms with Crippen LogP contribution in [0.3, 0.4) is 0 Å².